The molecule has 2 N–H and O–H groups in total. The maximum atomic E-state index is 15.2. The first-order valence-corrected chi connectivity index (χ1v) is 14.9. The Hall–Kier alpha value is -4.46. The van der Waals surface area contributed by atoms with Crippen LogP contribution in [-0.2, 0) is 30.5 Å². The van der Waals surface area contributed by atoms with Crippen LogP contribution in [0.25, 0.3) is 11.1 Å². The van der Waals surface area contributed by atoms with Crippen LogP contribution in [-0.4, -0.2) is 71.0 Å². The molecule has 1 saturated carbocycles. The van der Waals surface area contributed by atoms with Gasteiger partial charge in [0.05, 0.1) is 30.4 Å². The second kappa shape index (κ2) is 11.3. The molecule has 0 spiro atoms. The number of halogens is 1. The van der Waals surface area contributed by atoms with Gasteiger partial charge in [-0.15, -0.1) is 11.8 Å². The molecule has 1 aromatic heterocycles. The maximum absolute atomic E-state index is 15.2. The number of nitrogens with one attached hydrogen (secondary N) is 2. The Labute approximate surface area is 249 Å². The molecule has 3 aliphatic heterocycles. The molecule has 0 bridgehead atoms. The molecule has 14 heteroatoms. The topological polar surface area (TPSA) is 152 Å². The zero-order chi connectivity index (χ0) is 30.4. The molecule has 2 aromatic rings. The van der Waals surface area contributed by atoms with Crippen molar-refractivity contribution in [1.82, 2.24) is 15.5 Å². The van der Waals surface area contributed by atoms with Crippen molar-refractivity contribution in [3.63, 3.8) is 0 Å². The van der Waals surface area contributed by atoms with Crippen molar-refractivity contribution in [3.05, 3.63) is 59.8 Å². The van der Waals surface area contributed by atoms with Crippen LogP contribution in [0.15, 0.2) is 54.0 Å². The van der Waals surface area contributed by atoms with Gasteiger partial charge in [-0.3, -0.25) is 24.2 Å². The third-order valence-corrected chi connectivity index (χ3v) is 9.12. The third kappa shape index (κ3) is 5.66. The first-order chi connectivity index (χ1) is 20.6. The quantitative estimate of drug-likeness (QED) is 0.299. The summed E-state index contributed by atoms with van der Waals surface area (Å²) in [6.07, 6.45) is 3.79. The summed E-state index contributed by atoms with van der Waals surface area (Å²) in [5.74, 6) is -2.61. The van der Waals surface area contributed by atoms with Crippen molar-refractivity contribution >= 4 is 47.2 Å². The van der Waals surface area contributed by atoms with Gasteiger partial charge in [-0.1, -0.05) is 0 Å². The van der Waals surface area contributed by atoms with Crippen molar-refractivity contribution in [2.24, 2.45) is 5.92 Å². The number of carboxylic acids is 1. The largest absolute Gasteiger partial charge is 0.543 e. The molecule has 2 saturated heterocycles. The fraction of sp³-hybridized carbons (Fsp3) is 0.379. The lowest BCUT2D eigenvalue weighted by atomic mass is 10.0. The number of aliphatic carboxylic acids is 1. The molecule has 4 amide bonds. The lowest BCUT2D eigenvalue weighted by Gasteiger charge is -2.50. The number of nitrogens with zero attached hydrogens (tertiary/aromatic N) is 3. The molecule has 0 radical (unpaired) electrons. The van der Waals surface area contributed by atoms with Crippen molar-refractivity contribution in [2.75, 3.05) is 23.7 Å². The van der Waals surface area contributed by atoms with Gasteiger partial charge in [0.1, 0.15) is 23.3 Å². The number of ether oxygens (including phenoxy) is 1. The van der Waals surface area contributed by atoms with E-state index in [1.54, 1.807) is 41.2 Å². The summed E-state index contributed by atoms with van der Waals surface area (Å²) >= 11 is 1.39. The smallest absolute Gasteiger partial charge is 0.414 e. The highest BCUT2D eigenvalue weighted by molar-refractivity contribution is 8.00. The fourth-order valence-electron chi connectivity index (χ4n) is 5.37. The van der Waals surface area contributed by atoms with E-state index in [1.165, 1.54) is 34.6 Å². The second-order valence-corrected chi connectivity index (χ2v) is 12.0. The summed E-state index contributed by atoms with van der Waals surface area (Å²) in [4.78, 5) is 63.0. The number of fused-ring (bicyclic) bond motifs is 1. The molecule has 3 fully saturated rings. The van der Waals surface area contributed by atoms with Gasteiger partial charge >= 0.3 is 6.09 Å². The summed E-state index contributed by atoms with van der Waals surface area (Å²) in [6.45, 7) is 1.87. The Kier molecular flexibility index (Phi) is 7.54. The summed E-state index contributed by atoms with van der Waals surface area (Å²) in [5.41, 5.74) is 1.50. The Morgan fingerprint density at radius 1 is 1.16 bits per heavy atom. The highest BCUT2D eigenvalue weighted by atomic mass is 32.2. The van der Waals surface area contributed by atoms with Gasteiger partial charge in [-0.05, 0) is 36.6 Å². The van der Waals surface area contributed by atoms with Gasteiger partial charge in [-0.25, -0.2) is 13.8 Å². The van der Waals surface area contributed by atoms with E-state index in [2.05, 4.69) is 10.6 Å². The molecular formula is C29H28FN5O7S. The molecule has 1 aliphatic carbocycles. The van der Waals surface area contributed by atoms with E-state index in [-0.39, 0.29) is 43.1 Å². The molecule has 6 rings (SSSR count). The minimum absolute atomic E-state index is 0.0632. The van der Waals surface area contributed by atoms with Gasteiger partial charge in [0.2, 0.25) is 11.8 Å². The normalized spacial score (nSPS) is 23.0. The number of rotatable bonds is 9. The van der Waals surface area contributed by atoms with Crippen LogP contribution in [0, 0.1) is 11.7 Å². The van der Waals surface area contributed by atoms with Crippen molar-refractivity contribution in [1.29, 1.82) is 0 Å². The first kappa shape index (κ1) is 28.6. The number of carbonyl (C=O) groups is 5. The number of anilines is 1. The molecule has 1 unspecified atom stereocenters. The van der Waals surface area contributed by atoms with E-state index in [0.29, 0.717) is 28.1 Å². The number of hydrogen-bond acceptors (Lipinski definition) is 8. The highest BCUT2D eigenvalue weighted by Crippen LogP contribution is 2.41. The number of hydrogen-bond donors (Lipinski definition) is 2. The summed E-state index contributed by atoms with van der Waals surface area (Å²) in [7, 11) is 0. The summed E-state index contributed by atoms with van der Waals surface area (Å²) in [6, 6.07) is 7.03. The van der Waals surface area contributed by atoms with Gasteiger partial charge in [0, 0.05) is 41.9 Å². The van der Waals surface area contributed by atoms with Crippen LogP contribution in [0.5, 0.6) is 0 Å². The van der Waals surface area contributed by atoms with E-state index >= 15 is 4.39 Å². The molecule has 12 nitrogen and oxygen atoms in total. The van der Waals surface area contributed by atoms with Gasteiger partial charge in [0.25, 0.3) is 5.91 Å². The van der Waals surface area contributed by atoms with Crippen LogP contribution < -0.4 is 25.2 Å². The minimum Gasteiger partial charge on any atom is -0.543 e. The van der Waals surface area contributed by atoms with Crippen LogP contribution in [0.4, 0.5) is 14.9 Å². The van der Waals surface area contributed by atoms with E-state index in [9.17, 15) is 29.1 Å². The van der Waals surface area contributed by atoms with E-state index in [1.807, 2.05) is 0 Å². The predicted molar refractivity (Wildman–Crippen MR) is 148 cm³/mol. The summed E-state index contributed by atoms with van der Waals surface area (Å²) in [5, 5.41) is 16.9. The van der Waals surface area contributed by atoms with Gasteiger partial charge in [-0.2, -0.15) is 0 Å². The van der Waals surface area contributed by atoms with Crippen molar-refractivity contribution in [3.8, 4) is 11.1 Å². The zero-order valence-corrected chi connectivity index (χ0v) is 23.9. The van der Waals surface area contributed by atoms with Gasteiger partial charge in [0.15, 0.2) is 18.9 Å². The minimum atomic E-state index is -1.46. The van der Waals surface area contributed by atoms with Crippen molar-refractivity contribution < 1.29 is 42.8 Å². The lowest BCUT2D eigenvalue weighted by Crippen LogP contribution is -2.71. The number of aromatic nitrogens is 1. The Balaban J connectivity index is 1.13. The number of amides is 4. The number of pyridine rings is 1. The van der Waals surface area contributed by atoms with Gasteiger partial charge < -0.3 is 25.3 Å². The van der Waals surface area contributed by atoms with Crippen molar-refractivity contribution in [2.45, 2.75) is 43.8 Å². The Bertz CT molecular complexity index is 1560. The molecule has 43 heavy (non-hydrogen) atoms. The number of cyclic esters (lactones) is 1. The standard InChI is InChI=1S/C29H28FN5O7S/c1-15(36)31-11-20-13-34(29(41)42-20)19-4-5-21(22(30)10-19)16-6-8-33(9-7-16)12-18-14-43-27-23(32-25(37)17-2-3-17)26(38)35(27)24(18)28(39)40/h4-10,17,20,23,27H,2-3,11-14H2,1H3,(H2-,31,32,36,37,39,40)/t20-,23+,27?/m0/s1. The molecule has 1 aromatic carbocycles. The molecule has 4 heterocycles. The molecule has 3 atom stereocenters. The zero-order valence-electron chi connectivity index (χ0n) is 23.1. The molecule has 4 aliphatic rings. The number of β-lactam (4-membered cyclic amide) rings is 1. The Morgan fingerprint density at radius 2 is 1.91 bits per heavy atom. The molecular weight excluding hydrogens is 581 g/mol. The summed E-state index contributed by atoms with van der Waals surface area (Å²) < 4.78 is 22.1. The SMILES string of the molecule is CC(=O)NC[C@H]1CN(c2ccc(-c3cc[n+](CC4=C(C(=O)[O-])N5C(=O)[C@@H](NC(=O)C6CC6)C5SC4)cc3)c(F)c2)C(=O)O1. The fourth-order valence-corrected chi connectivity index (χ4v) is 6.71. The van der Waals surface area contributed by atoms with Crippen LogP contribution >= 0.6 is 11.8 Å². The molecule has 224 valence electrons. The van der Waals surface area contributed by atoms with Crippen LogP contribution in [0.2, 0.25) is 0 Å². The Morgan fingerprint density at radius 3 is 2.56 bits per heavy atom. The maximum Gasteiger partial charge on any atom is 0.414 e. The predicted octanol–water partition coefficient (Wildman–Crippen LogP) is 0.0554. The van der Waals surface area contributed by atoms with E-state index < -0.39 is 41.3 Å². The number of carboxylic acid groups (broad SMARTS) is 1. The van der Waals surface area contributed by atoms with Crippen LogP contribution in [0.1, 0.15) is 19.8 Å². The highest BCUT2D eigenvalue weighted by Gasteiger charge is 2.53. The number of benzene rings is 1. The third-order valence-electron chi connectivity index (χ3n) is 7.78. The van der Waals surface area contributed by atoms with E-state index in [0.717, 1.165) is 12.8 Å². The number of thioether (sulfide) groups is 1. The monoisotopic (exact) mass is 609 g/mol. The average molecular weight is 610 g/mol. The van der Waals surface area contributed by atoms with E-state index in [4.69, 9.17) is 4.74 Å². The first-order valence-electron chi connectivity index (χ1n) is 13.8. The average Bonchev–Trinajstić information content (AvgIpc) is 3.76. The van der Waals surface area contributed by atoms with Crippen LogP contribution in [0.3, 0.4) is 0 Å². The lowest BCUT2D eigenvalue weighted by molar-refractivity contribution is -0.689. The second-order valence-electron chi connectivity index (χ2n) is 10.9. The number of carbonyl (C=O) groups excluding carboxylic acids is 5.